The fraction of sp³-hybridized carbons (Fsp3) is 0.333. The Hall–Kier alpha value is -1.71. The van der Waals surface area contributed by atoms with Crippen LogP contribution in [-0.2, 0) is 5.41 Å². The third kappa shape index (κ3) is 1.93. The molecule has 1 fully saturated rings. The number of benzene rings is 2. The first-order chi connectivity index (χ1) is 10.6. The molecule has 0 aromatic heterocycles. The molecule has 1 spiro atoms. The van der Waals surface area contributed by atoms with E-state index in [2.05, 4.69) is 24.1 Å². The third-order valence-corrected chi connectivity index (χ3v) is 5.26. The van der Waals surface area contributed by atoms with Gasteiger partial charge in [-0.3, -0.25) is 0 Å². The molecule has 1 N–H and O–H groups in total. The van der Waals surface area contributed by atoms with Gasteiger partial charge in [-0.25, -0.2) is 0 Å². The van der Waals surface area contributed by atoms with Gasteiger partial charge >= 0.3 is 0 Å². The highest BCUT2D eigenvalue weighted by Crippen LogP contribution is 2.55. The molecule has 0 atom stereocenters. The highest BCUT2D eigenvalue weighted by molar-refractivity contribution is 6.30. The van der Waals surface area contributed by atoms with Crippen molar-refractivity contribution in [2.24, 2.45) is 0 Å². The summed E-state index contributed by atoms with van der Waals surface area (Å²) in [5.41, 5.74) is 2.18. The number of aromatic hydroxyl groups is 1. The molecule has 0 aliphatic carbocycles. The summed E-state index contributed by atoms with van der Waals surface area (Å²) in [7, 11) is 2.15. The predicted molar refractivity (Wildman–Crippen MR) is 87.1 cm³/mol. The van der Waals surface area contributed by atoms with E-state index >= 15 is 0 Å². The van der Waals surface area contributed by atoms with E-state index in [0.29, 0.717) is 10.8 Å². The van der Waals surface area contributed by atoms with Crippen LogP contribution in [0.5, 0.6) is 17.2 Å². The molecule has 0 radical (unpaired) electrons. The molecule has 1 saturated heterocycles. The lowest BCUT2D eigenvalue weighted by atomic mass is 9.66. The van der Waals surface area contributed by atoms with E-state index < -0.39 is 0 Å². The number of para-hydroxylation sites is 1. The summed E-state index contributed by atoms with van der Waals surface area (Å²) in [5, 5.41) is 10.9. The second-order valence-corrected chi connectivity index (χ2v) is 6.72. The molecule has 2 aliphatic heterocycles. The van der Waals surface area contributed by atoms with Gasteiger partial charge in [-0.1, -0.05) is 29.8 Å². The molecule has 22 heavy (non-hydrogen) atoms. The number of likely N-dealkylation sites (tertiary alicyclic amines) is 1. The molecule has 2 aromatic rings. The minimum atomic E-state index is -0.0985. The van der Waals surface area contributed by atoms with Crippen LogP contribution in [0.2, 0.25) is 5.02 Å². The molecule has 4 rings (SSSR count). The summed E-state index contributed by atoms with van der Waals surface area (Å²) in [6, 6.07) is 11.5. The van der Waals surface area contributed by atoms with Crippen LogP contribution in [0.1, 0.15) is 24.0 Å². The van der Waals surface area contributed by atoms with Gasteiger partial charge in [0.05, 0.1) is 0 Å². The monoisotopic (exact) mass is 315 g/mol. The maximum absolute atomic E-state index is 10.2. The number of ether oxygens (including phenoxy) is 1. The van der Waals surface area contributed by atoms with Gasteiger partial charge in [0, 0.05) is 21.6 Å². The lowest BCUT2D eigenvalue weighted by Gasteiger charge is -2.45. The fourth-order valence-electron chi connectivity index (χ4n) is 3.78. The van der Waals surface area contributed by atoms with Crippen molar-refractivity contribution >= 4 is 11.6 Å². The van der Waals surface area contributed by atoms with Gasteiger partial charge in [0.25, 0.3) is 0 Å². The average Bonchev–Trinajstić information content (AvgIpc) is 2.51. The Balaban J connectivity index is 1.96. The first kappa shape index (κ1) is 13.9. The molecule has 0 amide bonds. The van der Waals surface area contributed by atoms with Gasteiger partial charge in [0.2, 0.25) is 0 Å². The van der Waals surface area contributed by atoms with Crippen molar-refractivity contribution in [1.82, 2.24) is 4.90 Å². The molecule has 0 unspecified atom stereocenters. The van der Waals surface area contributed by atoms with Gasteiger partial charge in [0.15, 0.2) is 11.5 Å². The molecular formula is C18H18ClNO2. The zero-order valence-electron chi connectivity index (χ0n) is 12.5. The number of piperidine rings is 1. The number of hydrogen-bond acceptors (Lipinski definition) is 3. The van der Waals surface area contributed by atoms with Crippen LogP contribution in [0.25, 0.3) is 0 Å². The molecule has 4 heteroatoms. The van der Waals surface area contributed by atoms with Crippen molar-refractivity contribution in [1.29, 1.82) is 0 Å². The number of rotatable bonds is 0. The number of phenolic OH excluding ortho intramolecular Hbond substituents is 1. The largest absolute Gasteiger partial charge is 0.504 e. The quantitative estimate of drug-likeness (QED) is 0.792. The summed E-state index contributed by atoms with van der Waals surface area (Å²) in [4.78, 5) is 2.35. The summed E-state index contributed by atoms with van der Waals surface area (Å²) in [6.07, 6.45) is 2.02. The SMILES string of the molecule is CN1CCC2(CC1)c1ccc(Cl)cc1Oc1c(O)cccc12. The summed E-state index contributed by atoms with van der Waals surface area (Å²) >= 11 is 6.14. The molecule has 2 aromatic carbocycles. The van der Waals surface area contributed by atoms with Crippen LogP contribution in [-0.4, -0.2) is 30.1 Å². The maximum atomic E-state index is 10.2. The Labute approximate surface area is 135 Å². The normalized spacial score (nSPS) is 19.4. The molecule has 2 aliphatic rings. The van der Waals surface area contributed by atoms with Gasteiger partial charge in [0.1, 0.15) is 5.75 Å². The summed E-state index contributed by atoms with van der Waals surface area (Å²) in [6.45, 7) is 2.05. The van der Waals surface area contributed by atoms with E-state index in [1.165, 1.54) is 5.56 Å². The minimum absolute atomic E-state index is 0.0985. The first-order valence-corrected chi connectivity index (χ1v) is 7.97. The molecular weight excluding hydrogens is 298 g/mol. The van der Waals surface area contributed by atoms with E-state index in [0.717, 1.165) is 37.2 Å². The van der Waals surface area contributed by atoms with Crippen LogP contribution in [0, 0.1) is 0 Å². The number of nitrogens with zero attached hydrogens (tertiary/aromatic N) is 1. The van der Waals surface area contributed by atoms with Crippen molar-refractivity contribution < 1.29 is 9.84 Å². The zero-order valence-corrected chi connectivity index (χ0v) is 13.2. The van der Waals surface area contributed by atoms with Crippen LogP contribution < -0.4 is 4.74 Å². The Morgan fingerprint density at radius 1 is 1.14 bits per heavy atom. The molecule has 0 saturated carbocycles. The van der Waals surface area contributed by atoms with Crippen molar-refractivity contribution in [3.8, 4) is 17.2 Å². The number of fused-ring (bicyclic) bond motifs is 4. The van der Waals surface area contributed by atoms with Gasteiger partial charge in [-0.15, -0.1) is 0 Å². The maximum Gasteiger partial charge on any atom is 0.173 e. The van der Waals surface area contributed by atoms with E-state index in [1.54, 1.807) is 6.07 Å². The lowest BCUT2D eigenvalue weighted by Crippen LogP contribution is -2.43. The van der Waals surface area contributed by atoms with E-state index in [9.17, 15) is 5.11 Å². The predicted octanol–water partition coefficient (Wildman–Crippen LogP) is 4.16. The number of halogens is 1. The number of hydrogen-bond donors (Lipinski definition) is 1. The highest BCUT2D eigenvalue weighted by atomic mass is 35.5. The minimum Gasteiger partial charge on any atom is -0.504 e. The molecule has 0 bridgehead atoms. The van der Waals surface area contributed by atoms with Crippen molar-refractivity contribution in [2.75, 3.05) is 20.1 Å². The van der Waals surface area contributed by atoms with Gasteiger partial charge < -0.3 is 14.7 Å². The summed E-state index contributed by atoms with van der Waals surface area (Å²) in [5.74, 6) is 1.55. The Bertz CT molecular complexity index is 736. The smallest absolute Gasteiger partial charge is 0.173 e. The Morgan fingerprint density at radius 2 is 1.91 bits per heavy atom. The zero-order chi connectivity index (χ0) is 15.3. The average molecular weight is 316 g/mol. The molecule has 114 valence electrons. The van der Waals surface area contributed by atoms with Gasteiger partial charge in [-0.05, 0) is 51.2 Å². The first-order valence-electron chi connectivity index (χ1n) is 7.59. The van der Waals surface area contributed by atoms with Crippen LogP contribution in [0.15, 0.2) is 36.4 Å². The van der Waals surface area contributed by atoms with Crippen molar-refractivity contribution in [3.05, 3.63) is 52.5 Å². The topological polar surface area (TPSA) is 32.7 Å². The number of phenols is 1. The van der Waals surface area contributed by atoms with Gasteiger partial charge in [-0.2, -0.15) is 0 Å². The third-order valence-electron chi connectivity index (χ3n) is 5.02. The van der Waals surface area contributed by atoms with E-state index in [-0.39, 0.29) is 11.2 Å². The second kappa shape index (κ2) is 4.90. The Kier molecular flexibility index (Phi) is 3.10. The van der Waals surface area contributed by atoms with E-state index in [4.69, 9.17) is 16.3 Å². The van der Waals surface area contributed by atoms with Crippen molar-refractivity contribution in [3.63, 3.8) is 0 Å². The Morgan fingerprint density at radius 3 is 2.68 bits per heavy atom. The molecule has 2 heterocycles. The van der Waals surface area contributed by atoms with Crippen molar-refractivity contribution in [2.45, 2.75) is 18.3 Å². The standard InChI is InChI=1S/C18H18ClNO2/c1-20-9-7-18(8-10-20)13-6-5-12(19)11-16(13)22-17-14(18)3-2-4-15(17)21/h2-6,11,21H,7-10H2,1H3. The lowest BCUT2D eigenvalue weighted by molar-refractivity contribution is 0.201. The van der Waals surface area contributed by atoms with Crippen LogP contribution in [0.4, 0.5) is 0 Å². The summed E-state index contributed by atoms with van der Waals surface area (Å²) < 4.78 is 6.00. The second-order valence-electron chi connectivity index (χ2n) is 6.28. The van der Waals surface area contributed by atoms with E-state index in [1.807, 2.05) is 18.2 Å². The highest BCUT2D eigenvalue weighted by Gasteiger charge is 2.44. The van der Waals surface area contributed by atoms with Crippen LogP contribution in [0.3, 0.4) is 0 Å². The fourth-order valence-corrected chi connectivity index (χ4v) is 3.94. The molecule has 3 nitrogen and oxygen atoms in total. The van der Waals surface area contributed by atoms with Crippen LogP contribution >= 0.6 is 11.6 Å².